The number of ether oxygens (including phenoxy) is 2. The molecule has 0 bridgehead atoms. The lowest BCUT2D eigenvalue weighted by atomic mass is 10.2. The molecule has 0 aliphatic carbocycles. The van der Waals surface area contributed by atoms with E-state index in [9.17, 15) is 15.2 Å². The minimum Gasteiger partial charge on any atom is -0.497 e. The van der Waals surface area contributed by atoms with Crippen LogP contribution in [0.4, 0.5) is 10.6 Å². The van der Waals surface area contributed by atoms with Gasteiger partial charge in [-0.3, -0.25) is 0 Å². The smallest absolute Gasteiger partial charge is 0.407 e. The predicted molar refractivity (Wildman–Crippen MR) is 105 cm³/mol. The summed E-state index contributed by atoms with van der Waals surface area (Å²) in [7, 11) is 4.81. The topological polar surface area (TPSA) is 113 Å². The van der Waals surface area contributed by atoms with Crippen LogP contribution in [0.3, 0.4) is 0 Å². The van der Waals surface area contributed by atoms with Crippen molar-refractivity contribution in [3.8, 4) is 29.4 Å². The molecule has 1 atom stereocenters. The highest BCUT2D eigenvalue weighted by atomic mass is 16.5. The summed E-state index contributed by atoms with van der Waals surface area (Å²) >= 11 is 0. The van der Waals surface area contributed by atoms with Crippen molar-refractivity contribution in [2.45, 2.75) is 12.5 Å². The lowest BCUT2D eigenvalue weighted by Gasteiger charge is -2.15. The van der Waals surface area contributed by atoms with E-state index < -0.39 is 6.09 Å². The van der Waals surface area contributed by atoms with Crippen LogP contribution in [0.1, 0.15) is 29.3 Å². The Balaban J connectivity index is 1.98. The van der Waals surface area contributed by atoms with Gasteiger partial charge in [0.05, 0.1) is 20.3 Å². The van der Waals surface area contributed by atoms with Gasteiger partial charge in [0.2, 0.25) is 0 Å². The van der Waals surface area contributed by atoms with Crippen LogP contribution in [0.15, 0.2) is 18.2 Å². The number of nitrogens with zero attached hydrogens (tertiary/aromatic N) is 4. The van der Waals surface area contributed by atoms with Crippen molar-refractivity contribution < 1.29 is 19.4 Å². The molecule has 9 nitrogen and oxygen atoms in total. The second-order valence-corrected chi connectivity index (χ2v) is 6.40. The molecule has 1 aliphatic rings. The molecular weight excluding hydrogens is 374 g/mol. The summed E-state index contributed by atoms with van der Waals surface area (Å²) in [6.07, 6.45) is -0.342. The van der Waals surface area contributed by atoms with Crippen molar-refractivity contribution >= 4 is 11.9 Å². The largest absolute Gasteiger partial charge is 0.497 e. The predicted octanol–water partition coefficient (Wildman–Crippen LogP) is 2.14. The van der Waals surface area contributed by atoms with E-state index in [4.69, 9.17) is 9.47 Å². The zero-order chi connectivity index (χ0) is 21.0. The Kier molecular flexibility index (Phi) is 5.79. The first-order valence-electron chi connectivity index (χ1n) is 8.94. The van der Waals surface area contributed by atoms with Crippen LogP contribution in [0.25, 0.3) is 0 Å². The first-order chi connectivity index (χ1) is 14.0. The Hall–Kier alpha value is -3.85. The first kappa shape index (κ1) is 19.9. The van der Waals surface area contributed by atoms with Gasteiger partial charge in [-0.15, -0.1) is 0 Å². The number of methoxy groups -OCH3 is 2. The van der Waals surface area contributed by atoms with Crippen molar-refractivity contribution in [1.29, 1.82) is 5.26 Å². The third kappa shape index (κ3) is 4.04. The number of rotatable bonds is 4. The molecule has 2 heterocycles. The van der Waals surface area contributed by atoms with Gasteiger partial charge < -0.3 is 24.8 Å². The highest BCUT2D eigenvalue weighted by Gasteiger charge is 2.30. The molecule has 1 unspecified atom stereocenters. The molecule has 2 N–H and O–H groups in total. The normalized spacial score (nSPS) is 15.2. The first-order valence-corrected chi connectivity index (χ1v) is 8.94. The quantitative estimate of drug-likeness (QED) is 0.763. The number of carbonyl (C=O) groups is 1. The number of likely N-dealkylation sites (tertiary alicyclic amines) is 1. The molecule has 1 saturated heterocycles. The summed E-state index contributed by atoms with van der Waals surface area (Å²) < 4.78 is 12.2. The fourth-order valence-electron chi connectivity index (χ4n) is 3.26. The summed E-state index contributed by atoms with van der Waals surface area (Å²) in [5.41, 5.74) is 1.31. The van der Waals surface area contributed by atoms with E-state index >= 15 is 0 Å². The number of hydrogen-bond acceptors (Lipinski definition) is 6. The van der Waals surface area contributed by atoms with Gasteiger partial charge in [0.1, 0.15) is 28.9 Å². The van der Waals surface area contributed by atoms with Crippen LogP contribution in [-0.2, 0) is 0 Å². The molecule has 1 fully saturated rings. The van der Waals surface area contributed by atoms with E-state index in [0.717, 1.165) is 0 Å². The lowest BCUT2D eigenvalue weighted by molar-refractivity contribution is 0.154. The van der Waals surface area contributed by atoms with Crippen LogP contribution in [-0.4, -0.2) is 60.2 Å². The molecular formula is C20H21N5O4. The van der Waals surface area contributed by atoms with Gasteiger partial charge in [-0.25, -0.2) is 9.48 Å². The van der Waals surface area contributed by atoms with Gasteiger partial charge in [0.15, 0.2) is 5.69 Å². The van der Waals surface area contributed by atoms with E-state index in [1.54, 1.807) is 44.1 Å². The van der Waals surface area contributed by atoms with Crippen molar-refractivity contribution in [3.63, 3.8) is 0 Å². The fraction of sp³-hybridized carbons (Fsp3) is 0.350. The molecule has 0 spiro atoms. The summed E-state index contributed by atoms with van der Waals surface area (Å²) in [6.45, 7) is 0.742. The van der Waals surface area contributed by atoms with Gasteiger partial charge in [0, 0.05) is 31.8 Å². The molecule has 1 amide bonds. The van der Waals surface area contributed by atoms with Crippen LogP contribution in [0, 0.1) is 23.2 Å². The molecule has 1 aliphatic heterocycles. The molecule has 0 radical (unpaired) electrons. The number of hydrogen-bond donors (Lipinski definition) is 2. The third-order valence-corrected chi connectivity index (χ3v) is 4.72. The maximum Gasteiger partial charge on any atom is 0.407 e. The monoisotopic (exact) mass is 395 g/mol. The van der Waals surface area contributed by atoms with Crippen LogP contribution in [0.5, 0.6) is 11.5 Å². The molecule has 3 rings (SSSR count). The molecule has 2 aromatic rings. The Labute approximate surface area is 168 Å². The minimum atomic E-state index is -0.960. The number of benzene rings is 1. The van der Waals surface area contributed by atoms with E-state index in [1.807, 2.05) is 0 Å². The number of nitriles is 1. The summed E-state index contributed by atoms with van der Waals surface area (Å²) in [5.74, 6) is 7.69. The second-order valence-electron chi connectivity index (χ2n) is 6.40. The number of carboxylic acid groups (broad SMARTS) is 1. The molecule has 9 heteroatoms. The van der Waals surface area contributed by atoms with E-state index in [2.05, 4.69) is 28.3 Å². The highest BCUT2D eigenvalue weighted by Crippen LogP contribution is 2.28. The van der Waals surface area contributed by atoms with Gasteiger partial charge >= 0.3 is 6.09 Å². The molecule has 1 aromatic carbocycles. The molecule has 0 saturated carbocycles. The molecule has 29 heavy (non-hydrogen) atoms. The molecule has 150 valence electrons. The van der Waals surface area contributed by atoms with E-state index in [-0.39, 0.29) is 6.04 Å². The number of amides is 1. The minimum absolute atomic E-state index is 0.159. The number of aromatic nitrogens is 2. The Morgan fingerprint density at radius 1 is 1.28 bits per heavy atom. The van der Waals surface area contributed by atoms with Crippen molar-refractivity contribution in [1.82, 2.24) is 14.7 Å². The summed E-state index contributed by atoms with van der Waals surface area (Å²) in [5, 5.41) is 26.3. The average Bonchev–Trinajstić information content (AvgIpc) is 3.36. The van der Waals surface area contributed by atoms with Crippen LogP contribution >= 0.6 is 0 Å². The number of nitrogens with one attached hydrogen (secondary N) is 1. The van der Waals surface area contributed by atoms with Crippen molar-refractivity contribution in [3.05, 3.63) is 35.0 Å². The third-order valence-electron chi connectivity index (χ3n) is 4.72. The maximum absolute atomic E-state index is 11.2. The Morgan fingerprint density at radius 3 is 2.48 bits per heavy atom. The van der Waals surface area contributed by atoms with Gasteiger partial charge in [-0.05, 0) is 24.5 Å². The van der Waals surface area contributed by atoms with Crippen LogP contribution < -0.4 is 14.8 Å². The summed E-state index contributed by atoms with van der Waals surface area (Å²) in [4.78, 5) is 12.5. The van der Waals surface area contributed by atoms with Crippen molar-refractivity contribution in [2.24, 2.45) is 0 Å². The zero-order valence-corrected chi connectivity index (χ0v) is 16.4. The van der Waals surface area contributed by atoms with Gasteiger partial charge in [-0.2, -0.15) is 10.4 Å². The van der Waals surface area contributed by atoms with Crippen LogP contribution in [0.2, 0.25) is 0 Å². The zero-order valence-electron chi connectivity index (χ0n) is 16.4. The van der Waals surface area contributed by atoms with E-state index in [1.165, 1.54) is 4.90 Å². The maximum atomic E-state index is 11.2. The van der Waals surface area contributed by atoms with E-state index in [0.29, 0.717) is 53.6 Å². The Bertz CT molecular complexity index is 1010. The lowest BCUT2D eigenvalue weighted by Crippen LogP contribution is -2.27. The highest BCUT2D eigenvalue weighted by molar-refractivity contribution is 5.65. The van der Waals surface area contributed by atoms with Gasteiger partial charge in [0.25, 0.3) is 0 Å². The van der Waals surface area contributed by atoms with Gasteiger partial charge in [-0.1, -0.05) is 5.92 Å². The Morgan fingerprint density at radius 2 is 1.97 bits per heavy atom. The number of anilines is 1. The van der Waals surface area contributed by atoms with Crippen molar-refractivity contribution in [2.75, 3.05) is 39.7 Å². The standard InChI is InChI=1S/C20H21N5O4/c1-22-19-17(11-21)18(23-25(19)14-6-7-24(12-14)20(26)27)5-4-13-8-15(28-2)10-16(9-13)29-3/h8-10,14,22H,6-7,12H2,1-3H3,(H,26,27). The second kappa shape index (κ2) is 8.44. The summed E-state index contributed by atoms with van der Waals surface area (Å²) in [6, 6.07) is 7.26. The fourth-order valence-corrected chi connectivity index (χ4v) is 3.26. The average molecular weight is 395 g/mol. The molecule has 1 aromatic heterocycles. The SMILES string of the molecule is CNc1c(C#N)c(C#Cc2cc(OC)cc(OC)c2)nn1C1CCN(C(=O)O)C1.